The van der Waals surface area contributed by atoms with E-state index < -0.39 is 5.83 Å². The standard InChI is InChI=1S/C20H16F2N6S/c21-17-1-2-18-19(8-15(17)9-23)28(5-6-29-22)20(26-18)16-7-14(10-25-11-16)12-27-4-3-24-13-27/h1,3-4,7-8,10-11,13H,2,5-6,12H2. The lowest BCUT2D eigenvalue weighted by Crippen LogP contribution is -2.06. The lowest BCUT2D eigenvalue weighted by Gasteiger charge is -2.10. The number of imidazole rings is 2. The van der Waals surface area contributed by atoms with Crippen molar-refractivity contribution in [2.45, 2.75) is 19.5 Å². The van der Waals surface area contributed by atoms with Crippen molar-refractivity contribution in [1.82, 2.24) is 24.1 Å². The minimum absolute atomic E-state index is 0.0589. The molecule has 0 amide bonds. The molecule has 0 spiro atoms. The SMILES string of the molecule is N#CC1=Cc2c(nc(-c3cncc(Cn4ccnc4)c3)n2CCSF)CC=C1F. The number of hydrogen-bond acceptors (Lipinski definition) is 5. The van der Waals surface area contributed by atoms with Gasteiger partial charge in [0.2, 0.25) is 0 Å². The smallest absolute Gasteiger partial charge is 0.142 e. The second-order valence-electron chi connectivity index (χ2n) is 6.48. The summed E-state index contributed by atoms with van der Waals surface area (Å²) < 4.78 is 30.6. The Balaban J connectivity index is 1.78. The van der Waals surface area contributed by atoms with Gasteiger partial charge in [0, 0.05) is 61.2 Å². The molecule has 9 heteroatoms. The van der Waals surface area contributed by atoms with Gasteiger partial charge in [-0.3, -0.25) is 4.98 Å². The van der Waals surface area contributed by atoms with Crippen LogP contribution in [-0.2, 0) is 19.5 Å². The molecule has 0 fully saturated rings. The number of pyridine rings is 1. The Morgan fingerprint density at radius 3 is 2.93 bits per heavy atom. The molecule has 3 heterocycles. The summed E-state index contributed by atoms with van der Waals surface area (Å²) in [6.45, 7) is 0.940. The van der Waals surface area contributed by atoms with E-state index in [-0.39, 0.29) is 29.9 Å². The van der Waals surface area contributed by atoms with E-state index in [1.54, 1.807) is 24.9 Å². The van der Waals surface area contributed by atoms with E-state index in [1.807, 2.05) is 27.5 Å². The molecule has 29 heavy (non-hydrogen) atoms. The third kappa shape index (κ3) is 3.98. The summed E-state index contributed by atoms with van der Waals surface area (Å²) in [6.07, 6.45) is 11.9. The average Bonchev–Trinajstić information content (AvgIpc) is 3.33. The summed E-state index contributed by atoms with van der Waals surface area (Å²) in [5.41, 5.74) is 2.94. The number of rotatable bonds is 6. The van der Waals surface area contributed by atoms with Gasteiger partial charge in [-0.2, -0.15) is 9.15 Å². The zero-order chi connectivity index (χ0) is 20.2. The maximum Gasteiger partial charge on any atom is 0.142 e. The molecule has 0 aromatic carbocycles. The van der Waals surface area contributed by atoms with Crippen molar-refractivity contribution in [1.29, 1.82) is 5.26 Å². The number of halogens is 2. The second kappa shape index (κ2) is 8.41. The van der Waals surface area contributed by atoms with Gasteiger partial charge >= 0.3 is 0 Å². The Kier molecular flexibility index (Phi) is 5.53. The van der Waals surface area contributed by atoms with Crippen molar-refractivity contribution in [3.8, 4) is 17.5 Å². The summed E-state index contributed by atoms with van der Waals surface area (Å²) in [6, 6.07) is 3.85. The summed E-state index contributed by atoms with van der Waals surface area (Å²) in [7, 11) is 0. The van der Waals surface area contributed by atoms with Gasteiger partial charge in [0.15, 0.2) is 0 Å². The number of nitrogens with zero attached hydrogens (tertiary/aromatic N) is 6. The second-order valence-corrected chi connectivity index (χ2v) is 7.10. The number of nitriles is 1. The van der Waals surface area contributed by atoms with Gasteiger partial charge in [-0.05, 0) is 23.8 Å². The van der Waals surface area contributed by atoms with E-state index in [4.69, 9.17) is 0 Å². The normalized spacial score (nSPS) is 13.3. The lowest BCUT2D eigenvalue weighted by atomic mass is 10.2. The molecule has 3 aromatic rings. The Bertz CT molecular complexity index is 1120. The molecule has 0 unspecified atom stereocenters. The molecule has 4 rings (SSSR count). The lowest BCUT2D eigenvalue weighted by molar-refractivity contribution is 0.655. The van der Waals surface area contributed by atoms with Crippen LogP contribution in [0.15, 0.2) is 54.7 Å². The van der Waals surface area contributed by atoms with E-state index in [9.17, 15) is 13.5 Å². The molecule has 3 aromatic heterocycles. The van der Waals surface area contributed by atoms with Crippen LogP contribution < -0.4 is 0 Å². The van der Waals surface area contributed by atoms with E-state index >= 15 is 0 Å². The third-order valence-corrected chi connectivity index (χ3v) is 4.92. The van der Waals surface area contributed by atoms with Crippen molar-refractivity contribution >= 4 is 18.2 Å². The molecule has 1 aliphatic carbocycles. The fourth-order valence-corrected chi connectivity index (χ4v) is 3.53. The summed E-state index contributed by atoms with van der Waals surface area (Å²) in [5.74, 6) is 0.264. The van der Waals surface area contributed by atoms with Crippen molar-refractivity contribution in [2.75, 3.05) is 5.75 Å². The molecule has 0 radical (unpaired) electrons. The highest BCUT2D eigenvalue weighted by Gasteiger charge is 2.21. The first-order valence-electron chi connectivity index (χ1n) is 8.90. The molecule has 1 aliphatic rings. The maximum atomic E-state index is 14.0. The van der Waals surface area contributed by atoms with Gasteiger partial charge < -0.3 is 9.13 Å². The minimum Gasteiger partial charge on any atom is -0.333 e. The summed E-state index contributed by atoms with van der Waals surface area (Å²) in [4.78, 5) is 13.0. The summed E-state index contributed by atoms with van der Waals surface area (Å²) in [5, 5.41) is 9.25. The van der Waals surface area contributed by atoms with Gasteiger partial charge in [0.25, 0.3) is 0 Å². The number of hydrogen-bond donors (Lipinski definition) is 0. The van der Waals surface area contributed by atoms with Gasteiger partial charge in [-0.25, -0.2) is 14.4 Å². The predicted molar refractivity (Wildman–Crippen MR) is 107 cm³/mol. The van der Waals surface area contributed by atoms with Crippen molar-refractivity contribution in [2.24, 2.45) is 0 Å². The van der Waals surface area contributed by atoms with Crippen LogP contribution in [0.5, 0.6) is 0 Å². The molecular formula is C20H16F2N6S. The van der Waals surface area contributed by atoms with Crippen LogP contribution in [0, 0.1) is 11.3 Å². The van der Waals surface area contributed by atoms with E-state index in [2.05, 4.69) is 15.0 Å². The number of allylic oxidation sites excluding steroid dienone is 3. The van der Waals surface area contributed by atoms with Crippen LogP contribution in [-0.4, -0.2) is 29.8 Å². The van der Waals surface area contributed by atoms with Crippen LogP contribution in [0.3, 0.4) is 0 Å². The van der Waals surface area contributed by atoms with Gasteiger partial charge in [-0.15, -0.1) is 0 Å². The fourth-order valence-electron chi connectivity index (χ4n) is 3.27. The quantitative estimate of drug-likeness (QED) is 0.611. The molecule has 6 nitrogen and oxygen atoms in total. The van der Waals surface area contributed by atoms with Crippen molar-refractivity contribution in [3.63, 3.8) is 0 Å². The molecule has 0 saturated carbocycles. The van der Waals surface area contributed by atoms with Crippen LogP contribution >= 0.6 is 12.1 Å². The molecule has 0 atom stereocenters. The topological polar surface area (TPSA) is 72.3 Å². The summed E-state index contributed by atoms with van der Waals surface area (Å²) >= 11 is 0.225. The first-order chi connectivity index (χ1) is 14.2. The highest BCUT2D eigenvalue weighted by atomic mass is 32.2. The molecule has 0 N–H and O–H groups in total. The van der Waals surface area contributed by atoms with Gasteiger partial charge in [0.1, 0.15) is 17.7 Å². The first kappa shape index (κ1) is 19.1. The monoisotopic (exact) mass is 410 g/mol. The highest BCUT2D eigenvalue weighted by molar-refractivity contribution is 7.94. The number of fused-ring (bicyclic) bond motifs is 1. The van der Waals surface area contributed by atoms with E-state index in [0.29, 0.717) is 30.3 Å². The van der Waals surface area contributed by atoms with Crippen LogP contribution in [0.4, 0.5) is 8.28 Å². The fraction of sp³-hybridized carbons (Fsp3) is 0.200. The Morgan fingerprint density at radius 1 is 1.28 bits per heavy atom. The maximum absolute atomic E-state index is 14.0. The molecule has 0 saturated heterocycles. The molecular weight excluding hydrogens is 394 g/mol. The van der Waals surface area contributed by atoms with Crippen LogP contribution in [0.2, 0.25) is 0 Å². The van der Waals surface area contributed by atoms with E-state index in [1.165, 1.54) is 12.2 Å². The number of aromatic nitrogens is 5. The molecule has 0 bridgehead atoms. The largest absolute Gasteiger partial charge is 0.333 e. The minimum atomic E-state index is -0.567. The molecule has 146 valence electrons. The third-order valence-electron chi connectivity index (χ3n) is 4.59. The Hall–Kier alpha value is -3.25. The highest BCUT2D eigenvalue weighted by Crippen LogP contribution is 2.29. The Morgan fingerprint density at radius 2 is 2.17 bits per heavy atom. The van der Waals surface area contributed by atoms with Crippen molar-refractivity contribution in [3.05, 3.63) is 71.6 Å². The predicted octanol–water partition coefficient (Wildman–Crippen LogP) is 4.12. The molecule has 0 aliphatic heterocycles. The van der Waals surface area contributed by atoms with E-state index in [0.717, 1.165) is 11.1 Å². The van der Waals surface area contributed by atoms with Crippen molar-refractivity contribution < 1.29 is 8.28 Å². The first-order valence-corrected chi connectivity index (χ1v) is 9.79. The Labute approximate surface area is 170 Å². The van der Waals surface area contributed by atoms with Gasteiger partial charge in [0.05, 0.1) is 29.8 Å². The van der Waals surface area contributed by atoms with Crippen LogP contribution in [0.1, 0.15) is 17.0 Å². The zero-order valence-electron chi connectivity index (χ0n) is 15.3. The zero-order valence-corrected chi connectivity index (χ0v) is 16.1. The average molecular weight is 410 g/mol. The van der Waals surface area contributed by atoms with Crippen LogP contribution in [0.25, 0.3) is 17.5 Å². The van der Waals surface area contributed by atoms with Gasteiger partial charge in [-0.1, -0.05) is 0 Å².